The summed E-state index contributed by atoms with van der Waals surface area (Å²) in [6.45, 7) is 1.48. The first-order valence-electron chi connectivity index (χ1n) is 11.2. The van der Waals surface area contributed by atoms with Gasteiger partial charge in [0.05, 0.1) is 24.2 Å². The van der Waals surface area contributed by atoms with Crippen LogP contribution in [-0.4, -0.2) is 53.4 Å². The van der Waals surface area contributed by atoms with Crippen molar-refractivity contribution >= 4 is 11.7 Å². The molecule has 0 aliphatic carbocycles. The van der Waals surface area contributed by atoms with Crippen molar-refractivity contribution in [2.24, 2.45) is 0 Å². The zero-order valence-corrected chi connectivity index (χ0v) is 19.0. The fourth-order valence-electron chi connectivity index (χ4n) is 4.42. The summed E-state index contributed by atoms with van der Waals surface area (Å²) in [6.07, 6.45) is 2.21. The number of nitrogens with zero attached hydrogens (tertiary/aromatic N) is 4. The highest BCUT2D eigenvalue weighted by atomic mass is 16.2. The number of carbonyl (C=O) groups is 1. The first kappa shape index (κ1) is 22.0. The number of likely N-dealkylation sites (tertiary alicyclic amines) is 1. The van der Waals surface area contributed by atoms with E-state index in [0.717, 1.165) is 47.8 Å². The molecule has 1 aliphatic rings. The number of aromatic nitrogens is 2. The highest BCUT2D eigenvalue weighted by Crippen LogP contribution is 2.30. The number of hydrogen-bond acceptors (Lipinski definition) is 5. The fourth-order valence-corrected chi connectivity index (χ4v) is 4.42. The maximum Gasteiger partial charge on any atom is 0.234 e. The summed E-state index contributed by atoms with van der Waals surface area (Å²) in [5.74, 6) is 1.31. The third-order valence-electron chi connectivity index (χ3n) is 6.16. The summed E-state index contributed by atoms with van der Waals surface area (Å²) in [6, 6.07) is 22.1. The molecule has 0 unspecified atom stereocenters. The molecular weight excluding hydrogens is 398 g/mol. The number of hydrogen-bond donors (Lipinski definition) is 1. The summed E-state index contributed by atoms with van der Waals surface area (Å²) in [5, 5.41) is 3.15. The number of benzene rings is 2. The molecule has 32 heavy (non-hydrogen) atoms. The molecule has 1 amide bonds. The van der Waals surface area contributed by atoms with Gasteiger partial charge in [-0.1, -0.05) is 60.7 Å². The van der Waals surface area contributed by atoms with Crippen LogP contribution >= 0.6 is 0 Å². The Balaban J connectivity index is 1.61. The Labute approximate surface area is 190 Å². The number of rotatable bonds is 7. The molecule has 4 rings (SSSR count). The maximum atomic E-state index is 13.7. The molecule has 0 saturated carbocycles. The second kappa shape index (κ2) is 9.92. The number of carbonyl (C=O) groups excluding carboxylic acids is 1. The minimum Gasteiger partial charge on any atom is -0.373 e. The predicted octanol–water partition coefficient (Wildman–Crippen LogP) is 4.08. The van der Waals surface area contributed by atoms with E-state index in [4.69, 9.17) is 9.97 Å². The van der Waals surface area contributed by atoms with Crippen LogP contribution in [-0.2, 0) is 11.3 Å². The average Bonchev–Trinajstić information content (AvgIpc) is 3.26. The van der Waals surface area contributed by atoms with Gasteiger partial charge in [0.2, 0.25) is 5.91 Å². The monoisotopic (exact) mass is 429 g/mol. The molecule has 0 radical (unpaired) electrons. The summed E-state index contributed by atoms with van der Waals surface area (Å²) >= 11 is 0. The second-order valence-corrected chi connectivity index (χ2v) is 8.44. The Kier molecular flexibility index (Phi) is 6.81. The van der Waals surface area contributed by atoms with E-state index in [1.807, 2.05) is 80.8 Å². The Morgan fingerprint density at radius 1 is 1.09 bits per heavy atom. The van der Waals surface area contributed by atoms with E-state index in [1.54, 1.807) is 4.90 Å². The van der Waals surface area contributed by atoms with E-state index in [-0.39, 0.29) is 17.9 Å². The van der Waals surface area contributed by atoms with Crippen LogP contribution in [0.15, 0.2) is 66.7 Å². The number of anilines is 1. The summed E-state index contributed by atoms with van der Waals surface area (Å²) < 4.78 is 0. The van der Waals surface area contributed by atoms with Gasteiger partial charge in [0.1, 0.15) is 11.6 Å². The van der Waals surface area contributed by atoms with Gasteiger partial charge in [-0.25, -0.2) is 9.97 Å². The highest BCUT2D eigenvalue weighted by Gasteiger charge is 2.28. The zero-order valence-electron chi connectivity index (χ0n) is 19.0. The normalized spacial score (nSPS) is 16.3. The van der Waals surface area contributed by atoms with Crippen LogP contribution in [0.5, 0.6) is 0 Å². The molecule has 0 bridgehead atoms. The lowest BCUT2D eigenvalue weighted by molar-refractivity contribution is -0.131. The maximum absolute atomic E-state index is 13.7. The molecule has 0 spiro atoms. The van der Waals surface area contributed by atoms with Crippen LogP contribution in [0.2, 0.25) is 0 Å². The molecule has 1 fully saturated rings. The molecule has 6 heteroatoms. The van der Waals surface area contributed by atoms with Crippen molar-refractivity contribution < 1.29 is 4.79 Å². The van der Waals surface area contributed by atoms with Gasteiger partial charge in [-0.3, -0.25) is 9.69 Å². The lowest BCUT2D eigenvalue weighted by Crippen LogP contribution is -2.32. The summed E-state index contributed by atoms with van der Waals surface area (Å²) in [4.78, 5) is 27.3. The first-order valence-corrected chi connectivity index (χ1v) is 11.2. The zero-order chi connectivity index (χ0) is 22.5. The smallest absolute Gasteiger partial charge is 0.234 e. The molecular formula is C26H31N5O. The van der Waals surface area contributed by atoms with E-state index in [9.17, 15) is 4.79 Å². The molecule has 1 aliphatic heterocycles. The third-order valence-corrected chi connectivity index (χ3v) is 6.16. The van der Waals surface area contributed by atoms with Crippen molar-refractivity contribution in [1.82, 2.24) is 19.8 Å². The van der Waals surface area contributed by atoms with Crippen LogP contribution in [0.25, 0.3) is 0 Å². The molecule has 3 aromatic rings. The Morgan fingerprint density at radius 3 is 2.25 bits per heavy atom. The third kappa shape index (κ3) is 4.81. The largest absolute Gasteiger partial charge is 0.373 e. The van der Waals surface area contributed by atoms with Crippen molar-refractivity contribution in [2.45, 2.75) is 31.3 Å². The lowest BCUT2D eigenvalue weighted by atomic mass is 9.90. The van der Waals surface area contributed by atoms with Crippen LogP contribution in [0.1, 0.15) is 47.4 Å². The van der Waals surface area contributed by atoms with E-state index >= 15 is 0 Å². The quantitative estimate of drug-likeness (QED) is 0.613. The van der Waals surface area contributed by atoms with Crippen LogP contribution < -0.4 is 5.32 Å². The number of amides is 1. The molecule has 6 nitrogen and oxygen atoms in total. The van der Waals surface area contributed by atoms with Crippen molar-refractivity contribution in [3.05, 3.63) is 89.4 Å². The summed E-state index contributed by atoms with van der Waals surface area (Å²) in [7, 11) is 5.83. The van der Waals surface area contributed by atoms with Crippen molar-refractivity contribution in [3.8, 4) is 0 Å². The highest BCUT2D eigenvalue weighted by molar-refractivity contribution is 5.87. The minimum absolute atomic E-state index is 0.0477. The minimum atomic E-state index is -0.353. The summed E-state index contributed by atoms with van der Waals surface area (Å²) in [5.41, 5.74) is 2.82. The molecule has 166 valence electrons. The van der Waals surface area contributed by atoms with E-state index < -0.39 is 0 Å². The van der Waals surface area contributed by atoms with Crippen molar-refractivity contribution in [3.63, 3.8) is 0 Å². The Morgan fingerprint density at radius 2 is 1.72 bits per heavy atom. The van der Waals surface area contributed by atoms with Crippen molar-refractivity contribution in [2.75, 3.05) is 33.0 Å². The van der Waals surface area contributed by atoms with Gasteiger partial charge in [-0.05, 0) is 37.6 Å². The Hall–Kier alpha value is -3.25. The second-order valence-electron chi connectivity index (χ2n) is 8.44. The SMILES string of the molecule is CNc1cc(CN(C)C(=O)C(c2ccccc2)c2ccccc2)nc([C@@H]2CCCN2C)n1. The van der Waals surface area contributed by atoms with Gasteiger partial charge in [0.25, 0.3) is 0 Å². The van der Waals surface area contributed by atoms with Crippen molar-refractivity contribution in [1.29, 1.82) is 0 Å². The molecule has 1 atom stereocenters. The van der Waals surface area contributed by atoms with E-state index in [1.165, 1.54) is 0 Å². The van der Waals surface area contributed by atoms with E-state index in [2.05, 4.69) is 17.3 Å². The van der Waals surface area contributed by atoms with Gasteiger partial charge >= 0.3 is 0 Å². The van der Waals surface area contributed by atoms with Gasteiger partial charge in [0, 0.05) is 20.2 Å². The van der Waals surface area contributed by atoms with E-state index in [0.29, 0.717) is 6.54 Å². The molecule has 1 N–H and O–H groups in total. The van der Waals surface area contributed by atoms with Gasteiger partial charge in [-0.15, -0.1) is 0 Å². The van der Waals surface area contributed by atoms with Crippen LogP contribution in [0.3, 0.4) is 0 Å². The fraction of sp³-hybridized carbons (Fsp3) is 0.346. The number of nitrogens with one attached hydrogen (secondary N) is 1. The predicted molar refractivity (Wildman–Crippen MR) is 127 cm³/mol. The van der Waals surface area contributed by atoms with Gasteiger partial charge < -0.3 is 10.2 Å². The first-order chi connectivity index (χ1) is 15.6. The molecule has 1 saturated heterocycles. The lowest BCUT2D eigenvalue weighted by Gasteiger charge is -2.25. The van der Waals surface area contributed by atoms with Gasteiger partial charge in [0.15, 0.2) is 0 Å². The van der Waals surface area contributed by atoms with Crippen LogP contribution in [0, 0.1) is 0 Å². The molecule has 1 aromatic heterocycles. The topological polar surface area (TPSA) is 61.4 Å². The molecule has 2 aromatic carbocycles. The molecule has 2 heterocycles. The van der Waals surface area contributed by atoms with Gasteiger partial charge in [-0.2, -0.15) is 0 Å². The number of likely N-dealkylation sites (N-methyl/N-ethyl adjacent to an activating group) is 1. The Bertz CT molecular complexity index is 1000. The average molecular weight is 430 g/mol. The van der Waals surface area contributed by atoms with Crippen LogP contribution in [0.4, 0.5) is 5.82 Å². The standard InChI is InChI=1S/C26H31N5O/c1-27-23-17-21(28-25(29-23)22-15-10-16-30(22)2)18-31(3)26(32)24(19-11-6-4-7-12-19)20-13-8-5-9-14-20/h4-9,11-14,17,22,24H,10,15-16,18H2,1-3H3,(H,27,28,29)/t22-/m0/s1.